The van der Waals surface area contributed by atoms with Crippen LogP contribution in [0.5, 0.6) is 0 Å². The molecule has 0 fully saturated rings. The number of allylic oxidation sites excluding steroid dienone is 1. The Morgan fingerprint density at radius 1 is 1.50 bits per heavy atom. The maximum atomic E-state index is 12.9. The van der Waals surface area contributed by atoms with E-state index in [4.69, 9.17) is 0 Å². The number of halogens is 1. The second-order valence-corrected chi connectivity index (χ2v) is 2.19. The van der Waals surface area contributed by atoms with Gasteiger partial charge < -0.3 is 0 Å². The molecule has 1 aromatic rings. The Morgan fingerprint density at radius 3 is 2.75 bits per heavy atom. The smallest absolute Gasteiger partial charge is 0.196 e. The lowest BCUT2D eigenvalue weighted by Gasteiger charge is -1.94. The third-order valence-corrected chi connectivity index (χ3v) is 1.37. The molecule has 0 heterocycles. The van der Waals surface area contributed by atoms with Crippen LogP contribution in [0.15, 0.2) is 42.7 Å². The van der Waals surface area contributed by atoms with E-state index in [2.05, 4.69) is 12.3 Å². The lowest BCUT2D eigenvalue weighted by molar-refractivity contribution is 0.104. The molecule has 0 bridgehead atoms. The second kappa shape index (κ2) is 3.65. The van der Waals surface area contributed by atoms with Crippen molar-refractivity contribution in [2.45, 2.75) is 0 Å². The Balaban J connectivity index is 3.11. The largest absolute Gasteiger partial charge is 0.288 e. The third-order valence-electron chi connectivity index (χ3n) is 1.37. The van der Waals surface area contributed by atoms with Crippen LogP contribution in [0, 0.1) is 5.82 Å². The Kier molecular flexibility index (Phi) is 2.57. The normalized spacial score (nSPS) is 8.75. The first kappa shape index (κ1) is 8.44. The molecule has 0 amide bonds. The molecule has 0 unspecified atom stereocenters. The minimum atomic E-state index is -0.519. The molecule has 1 rings (SSSR count). The highest BCUT2D eigenvalue weighted by Crippen LogP contribution is 2.06. The third kappa shape index (κ3) is 1.68. The van der Waals surface area contributed by atoms with E-state index in [9.17, 15) is 9.18 Å². The first-order valence-corrected chi connectivity index (χ1v) is 3.40. The molecule has 0 radical (unpaired) electrons. The van der Waals surface area contributed by atoms with Gasteiger partial charge in [-0.2, -0.15) is 0 Å². The van der Waals surface area contributed by atoms with Crippen LogP contribution in [0.1, 0.15) is 10.4 Å². The Labute approximate surface area is 69.8 Å². The van der Waals surface area contributed by atoms with E-state index < -0.39 is 11.6 Å². The van der Waals surface area contributed by atoms with Crippen molar-refractivity contribution in [3.05, 3.63) is 54.0 Å². The van der Waals surface area contributed by atoms with Gasteiger partial charge in [0.05, 0.1) is 5.56 Å². The van der Waals surface area contributed by atoms with Crippen LogP contribution in [-0.2, 0) is 0 Å². The van der Waals surface area contributed by atoms with Crippen molar-refractivity contribution in [1.29, 1.82) is 0 Å². The zero-order valence-corrected chi connectivity index (χ0v) is 6.38. The summed E-state index contributed by atoms with van der Waals surface area (Å²) >= 11 is 0. The molecule has 0 saturated heterocycles. The van der Waals surface area contributed by atoms with Crippen molar-refractivity contribution >= 4 is 5.78 Å². The average molecular weight is 162 g/mol. The molecule has 0 atom stereocenters. The zero-order chi connectivity index (χ0) is 8.97. The number of hydrogen-bond donors (Lipinski definition) is 0. The van der Waals surface area contributed by atoms with Crippen LogP contribution in [0.4, 0.5) is 4.39 Å². The lowest BCUT2D eigenvalue weighted by atomic mass is 10.1. The summed E-state index contributed by atoms with van der Waals surface area (Å²) in [6.45, 7) is 3.23. The van der Waals surface area contributed by atoms with Gasteiger partial charge in [0.1, 0.15) is 5.82 Å². The molecule has 1 nitrogen and oxygen atoms in total. The van der Waals surface area contributed by atoms with Gasteiger partial charge in [-0.1, -0.05) is 18.7 Å². The number of ketones is 1. The van der Waals surface area contributed by atoms with Crippen molar-refractivity contribution in [3.63, 3.8) is 0 Å². The first-order valence-electron chi connectivity index (χ1n) is 3.40. The van der Waals surface area contributed by atoms with Crippen LogP contribution < -0.4 is 0 Å². The fraction of sp³-hybridized carbons (Fsp3) is 0. The van der Waals surface area contributed by atoms with E-state index in [1.807, 2.05) is 0 Å². The predicted molar refractivity (Wildman–Crippen MR) is 44.4 cm³/mol. The molecule has 0 saturated carbocycles. The molecular formula is C10H7FO. The van der Waals surface area contributed by atoms with Crippen LogP contribution in [0.3, 0.4) is 0 Å². The molecule has 0 aliphatic rings. The summed E-state index contributed by atoms with van der Waals surface area (Å²) in [5, 5.41) is 0. The van der Waals surface area contributed by atoms with Crippen molar-refractivity contribution < 1.29 is 9.18 Å². The molecule has 60 valence electrons. The van der Waals surface area contributed by atoms with Crippen LogP contribution in [0.25, 0.3) is 0 Å². The summed E-state index contributed by atoms with van der Waals surface area (Å²) in [6.07, 6.45) is 1.11. The van der Waals surface area contributed by atoms with Crippen LogP contribution in [0.2, 0.25) is 0 Å². The van der Waals surface area contributed by atoms with E-state index in [0.29, 0.717) is 0 Å². The molecule has 1 aromatic carbocycles. The van der Waals surface area contributed by atoms with Gasteiger partial charge >= 0.3 is 0 Å². The molecule has 0 aliphatic heterocycles. The van der Waals surface area contributed by atoms with Gasteiger partial charge in [-0.15, -0.1) is 5.73 Å². The number of benzene rings is 1. The molecule has 0 spiro atoms. The quantitative estimate of drug-likeness (QED) is 0.370. The summed E-state index contributed by atoms with van der Waals surface area (Å²) in [4.78, 5) is 11.1. The summed E-state index contributed by atoms with van der Waals surface area (Å²) in [5.74, 6) is -0.933. The zero-order valence-electron chi connectivity index (χ0n) is 6.38. The van der Waals surface area contributed by atoms with E-state index in [-0.39, 0.29) is 5.56 Å². The van der Waals surface area contributed by atoms with Gasteiger partial charge in [0.15, 0.2) is 5.78 Å². The predicted octanol–water partition coefficient (Wildman–Crippen LogP) is 2.35. The van der Waals surface area contributed by atoms with Gasteiger partial charge in [0.2, 0.25) is 0 Å². The molecule has 0 aromatic heterocycles. The standard InChI is InChI=1S/C10H7FO/c1-2-5-10(12)8-6-3-4-7-9(8)11/h3-7H,1H2. The van der Waals surface area contributed by atoms with Gasteiger partial charge in [-0.3, -0.25) is 4.79 Å². The number of carbonyl (C=O) groups is 1. The fourth-order valence-corrected chi connectivity index (χ4v) is 0.831. The van der Waals surface area contributed by atoms with E-state index >= 15 is 0 Å². The average Bonchev–Trinajstić information content (AvgIpc) is 2.05. The summed E-state index contributed by atoms with van der Waals surface area (Å²) in [7, 11) is 0. The van der Waals surface area contributed by atoms with Crippen molar-refractivity contribution in [2.24, 2.45) is 0 Å². The first-order chi connectivity index (χ1) is 5.75. The summed E-state index contributed by atoms with van der Waals surface area (Å²) < 4.78 is 12.9. The van der Waals surface area contributed by atoms with E-state index in [0.717, 1.165) is 6.08 Å². The number of carbonyl (C=O) groups excluding carboxylic acids is 1. The minimum absolute atomic E-state index is 0.0497. The maximum absolute atomic E-state index is 12.9. The van der Waals surface area contributed by atoms with Crippen molar-refractivity contribution in [1.82, 2.24) is 0 Å². The van der Waals surface area contributed by atoms with E-state index in [1.54, 1.807) is 6.07 Å². The Bertz CT molecular complexity index is 349. The van der Waals surface area contributed by atoms with Gasteiger partial charge in [-0.25, -0.2) is 4.39 Å². The van der Waals surface area contributed by atoms with E-state index in [1.165, 1.54) is 18.2 Å². The molecular weight excluding hydrogens is 155 g/mol. The molecule has 0 N–H and O–H groups in total. The summed E-state index contributed by atoms with van der Waals surface area (Å²) in [6, 6.07) is 5.80. The van der Waals surface area contributed by atoms with Crippen LogP contribution >= 0.6 is 0 Å². The monoisotopic (exact) mass is 162 g/mol. The van der Waals surface area contributed by atoms with Gasteiger partial charge in [-0.05, 0) is 12.1 Å². The Morgan fingerprint density at radius 2 is 2.17 bits per heavy atom. The fourth-order valence-electron chi connectivity index (χ4n) is 0.831. The minimum Gasteiger partial charge on any atom is -0.288 e. The molecule has 12 heavy (non-hydrogen) atoms. The van der Waals surface area contributed by atoms with Crippen LogP contribution in [-0.4, -0.2) is 5.78 Å². The van der Waals surface area contributed by atoms with Gasteiger partial charge in [0.25, 0.3) is 0 Å². The number of rotatable bonds is 2. The molecule has 2 heteroatoms. The topological polar surface area (TPSA) is 17.1 Å². The highest BCUT2D eigenvalue weighted by atomic mass is 19.1. The van der Waals surface area contributed by atoms with Crippen molar-refractivity contribution in [2.75, 3.05) is 0 Å². The summed E-state index contributed by atoms with van der Waals surface area (Å²) in [5.41, 5.74) is 2.35. The maximum Gasteiger partial charge on any atom is 0.196 e. The Hall–Kier alpha value is -1.66. The second-order valence-electron chi connectivity index (χ2n) is 2.19. The number of hydrogen-bond acceptors (Lipinski definition) is 1. The molecule has 0 aliphatic carbocycles. The lowest BCUT2D eigenvalue weighted by Crippen LogP contribution is -1.96. The highest BCUT2D eigenvalue weighted by molar-refractivity contribution is 6.04. The van der Waals surface area contributed by atoms with Crippen molar-refractivity contribution in [3.8, 4) is 0 Å². The highest BCUT2D eigenvalue weighted by Gasteiger charge is 2.05. The SMILES string of the molecule is C=C=CC(=O)c1ccccc1F. The van der Waals surface area contributed by atoms with Gasteiger partial charge in [0, 0.05) is 6.08 Å².